The highest BCUT2D eigenvalue weighted by molar-refractivity contribution is 6.05. The second-order valence-corrected chi connectivity index (χ2v) is 6.44. The van der Waals surface area contributed by atoms with Crippen molar-refractivity contribution in [2.75, 3.05) is 5.32 Å². The number of alkyl halides is 6. The van der Waals surface area contributed by atoms with Crippen LogP contribution < -0.4 is 5.32 Å². The van der Waals surface area contributed by atoms with Crippen molar-refractivity contribution in [1.82, 2.24) is 10.1 Å². The quantitative estimate of drug-likeness (QED) is 0.573. The maximum atomic E-state index is 13.0. The highest BCUT2D eigenvalue weighted by Gasteiger charge is 2.71. The molecule has 12 heteroatoms. The van der Waals surface area contributed by atoms with Crippen molar-refractivity contribution in [3.05, 3.63) is 65.7 Å². The van der Waals surface area contributed by atoms with E-state index in [0.29, 0.717) is 12.1 Å². The summed E-state index contributed by atoms with van der Waals surface area (Å²) in [4.78, 5) is 16.1. The molecule has 0 radical (unpaired) electrons. The Morgan fingerprint density at radius 2 is 1.52 bits per heavy atom. The number of rotatable bonds is 4. The van der Waals surface area contributed by atoms with Gasteiger partial charge in [0, 0.05) is 23.5 Å². The van der Waals surface area contributed by atoms with Crippen LogP contribution in [0.4, 0.5) is 32.2 Å². The van der Waals surface area contributed by atoms with Crippen LogP contribution in [0.3, 0.4) is 0 Å². The molecule has 164 valence electrons. The molecule has 1 amide bonds. The van der Waals surface area contributed by atoms with E-state index in [-0.39, 0.29) is 28.3 Å². The molecule has 0 spiro atoms. The summed E-state index contributed by atoms with van der Waals surface area (Å²) in [5.74, 6) is -0.522. The predicted octanol–water partition coefficient (Wildman–Crippen LogP) is 4.61. The zero-order chi connectivity index (χ0) is 23.0. The van der Waals surface area contributed by atoms with Gasteiger partial charge in [-0.3, -0.25) is 9.78 Å². The van der Waals surface area contributed by atoms with Gasteiger partial charge in [-0.2, -0.15) is 26.3 Å². The highest BCUT2D eigenvalue weighted by Crippen LogP contribution is 2.50. The van der Waals surface area contributed by atoms with Gasteiger partial charge in [0.2, 0.25) is 0 Å². The van der Waals surface area contributed by atoms with Crippen molar-refractivity contribution in [1.29, 1.82) is 0 Å². The largest absolute Gasteiger partial charge is 0.430 e. The number of benzene rings is 1. The van der Waals surface area contributed by atoms with Gasteiger partial charge in [0.1, 0.15) is 5.76 Å². The molecule has 0 bridgehead atoms. The Hall–Kier alpha value is -3.41. The van der Waals surface area contributed by atoms with Crippen LogP contribution in [0, 0.1) is 6.92 Å². The van der Waals surface area contributed by atoms with Crippen LogP contribution in [-0.4, -0.2) is 33.5 Å². The number of aryl methyl sites for hydroxylation is 1. The highest BCUT2D eigenvalue weighted by atomic mass is 19.4. The lowest BCUT2D eigenvalue weighted by Crippen LogP contribution is -2.53. The van der Waals surface area contributed by atoms with Crippen molar-refractivity contribution in [3.63, 3.8) is 0 Å². The molecule has 2 aromatic heterocycles. The van der Waals surface area contributed by atoms with Gasteiger partial charge in [0.15, 0.2) is 5.82 Å². The number of aromatic nitrogens is 2. The Balaban J connectivity index is 1.97. The number of anilines is 1. The van der Waals surface area contributed by atoms with E-state index < -0.39 is 29.4 Å². The van der Waals surface area contributed by atoms with Gasteiger partial charge in [0.05, 0.1) is 5.56 Å². The number of carbonyl (C=O) groups excluding carboxylic acids is 1. The third-order valence-electron chi connectivity index (χ3n) is 4.45. The fraction of sp³-hybridized carbons (Fsp3) is 0.211. The maximum Gasteiger partial charge on any atom is 0.430 e. The van der Waals surface area contributed by atoms with E-state index in [1.54, 1.807) is 0 Å². The number of nitrogens with one attached hydrogen (secondary N) is 1. The zero-order valence-corrected chi connectivity index (χ0v) is 15.5. The third-order valence-corrected chi connectivity index (χ3v) is 4.45. The summed E-state index contributed by atoms with van der Waals surface area (Å²) in [6.45, 7) is 1.44. The first-order chi connectivity index (χ1) is 14.4. The van der Waals surface area contributed by atoms with Crippen molar-refractivity contribution >= 4 is 11.7 Å². The van der Waals surface area contributed by atoms with E-state index in [2.05, 4.69) is 15.5 Å². The van der Waals surface area contributed by atoms with Gasteiger partial charge in [-0.05, 0) is 24.6 Å². The number of pyridine rings is 1. The molecule has 0 aliphatic carbocycles. The molecular weight excluding hydrogens is 432 g/mol. The summed E-state index contributed by atoms with van der Waals surface area (Å²) in [5.41, 5.74) is -5.96. The molecule has 0 aliphatic heterocycles. The van der Waals surface area contributed by atoms with Crippen molar-refractivity contribution in [2.24, 2.45) is 0 Å². The van der Waals surface area contributed by atoms with Gasteiger partial charge < -0.3 is 14.9 Å². The Morgan fingerprint density at radius 1 is 0.968 bits per heavy atom. The Bertz CT molecular complexity index is 1060. The third kappa shape index (κ3) is 3.98. The van der Waals surface area contributed by atoms with E-state index in [0.717, 1.165) is 12.1 Å². The number of hydrogen-bond donors (Lipinski definition) is 2. The van der Waals surface area contributed by atoms with Crippen LogP contribution in [0.1, 0.15) is 21.7 Å². The van der Waals surface area contributed by atoms with Crippen LogP contribution in [0.2, 0.25) is 0 Å². The van der Waals surface area contributed by atoms with Gasteiger partial charge in [-0.15, -0.1) is 0 Å². The average molecular weight is 445 g/mol. The fourth-order valence-corrected chi connectivity index (χ4v) is 2.85. The summed E-state index contributed by atoms with van der Waals surface area (Å²) in [6.07, 6.45) is -9.23. The molecule has 6 nitrogen and oxygen atoms in total. The molecule has 31 heavy (non-hydrogen) atoms. The van der Waals surface area contributed by atoms with E-state index >= 15 is 0 Å². The molecule has 2 heterocycles. The number of hydrogen-bond acceptors (Lipinski definition) is 5. The van der Waals surface area contributed by atoms with Gasteiger partial charge in [-0.1, -0.05) is 29.4 Å². The Morgan fingerprint density at radius 3 is 2.03 bits per heavy atom. The van der Waals surface area contributed by atoms with Crippen molar-refractivity contribution < 1.29 is 40.8 Å². The fourth-order valence-electron chi connectivity index (χ4n) is 2.85. The molecule has 3 aromatic rings. The molecule has 0 fully saturated rings. The molecule has 0 saturated carbocycles. The summed E-state index contributed by atoms with van der Waals surface area (Å²) >= 11 is 0. The topological polar surface area (TPSA) is 88.3 Å². The molecule has 0 aliphatic rings. The van der Waals surface area contributed by atoms with Crippen molar-refractivity contribution in [2.45, 2.75) is 24.9 Å². The monoisotopic (exact) mass is 445 g/mol. The van der Waals surface area contributed by atoms with Crippen LogP contribution in [0.5, 0.6) is 0 Å². The molecule has 3 rings (SSSR count). The standard InChI is InChI=1S/C19H13F6N3O3/c1-10-14(15(28-31-10)27-16(29)12-6-8-26-9-7-12)11-2-4-13(5-3-11)17(30,18(20,21)22)19(23,24)25/h2-9,30H,1H3,(H,27,28,29). The van der Waals surface area contributed by atoms with Gasteiger partial charge in [0.25, 0.3) is 11.5 Å². The number of amides is 1. The first kappa shape index (κ1) is 22.3. The number of nitrogens with zero attached hydrogens (tertiary/aromatic N) is 2. The normalized spacial score (nSPS) is 12.6. The first-order valence-corrected chi connectivity index (χ1v) is 8.50. The van der Waals surface area contributed by atoms with E-state index in [9.17, 15) is 36.2 Å². The van der Waals surface area contributed by atoms with Crippen molar-refractivity contribution in [3.8, 4) is 11.1 Å². The van der Waals surface area contributed by atoms with Crippen LogP contribution in [-0.2, 0) is 5.60 Å². The summed E-state index contributed by atoms with van der Waals surface area (Å²) in [6, 6.07) is 5.70. The minimum absolute atomic E-state index is 0.0889. The lowest BCUT2D eigenvalue weighted by Gasteiger charge is -2.32. The zero-order valence-electron chi connectivity index (χ0n) is 15.5. The average Bonchev–Trinajstić information content (AvgIpc) is 3.06. The molecule has 0 unspecified atom stereocenters. The lowest BCUT2D eigenvalue weighted by molar-refractivity contribution is -0.376. The van der Waals surface area contributed by atoms with E-state index in [4.69, 9.17) is 4.52 Å². The second kappa shape index (κ2) is 7.69. The van der Waals surface area contributed by atoms with E-state index in [1.807, 2.05) is 0 Å². The summed E-state index contributed by atoms with van der Waals surface area (Å²) in [5, 5.41) is 15.6. The number of halogens is 6. The van der Waals surface area contributed by atoms with E-state index in [1.165, 1.54) is 31.5 Å². The van der Waals surface area contributed by atoms with Crippen LogP contribution in [0.25, 0.3) is 11.1 Å². The lowest BCUT2D eigenvalue weighted by atomic mass is 9.90. The van der Waals surface area contributed by atoms with Crippen LogP contribution >= 0.6 is 0 Å². The molecule has 1 aromatic carbocycles. The Kier molecular flexibility index (Phi) is 5.53. The second-order valence-electron chi connectivity index (χ2n) is 6.44. The molecule has 2 N–H and O–H groups in total. The SMILES string of the molecule is Cc1onc(NC(=O)c2ccncc2)c1-c1ccc(C(O)(C(F)(F)F)C(F)(F)F)cc1. The molecule has 0 saturated heterocycles. The van der Waals surface area contributed by atoms with Gasteiger partial charge in [-0.25, -0.2) is 0 Å². The minimum Gasteiger partial charge on any atom is -0.369 e. The van der Waals surface area contributed by atoms with Crippen LogP contribution in [0.15, 0.2) is 53.3 Å². The summed E-state index contributed by atoms with van der Waals surface area (Å²) in [7, 11) is 0. The number of carbonyl (C=O) groups is 1. The van der Waals surface area contributed by atoms with Gasteiger partial charge >= 0.3 is 12.4 Å². The summed E-state index contributed by atoms with van der Waals surface area (Å²) < 4.78 is 83.3. The molecule has 0 atom stereocenters. The molecular formula is C19H13F6N3O3. The Labute approximate surface area is 170 Å². The maximum absolute atomic E-state index is 13.0. The number of aliphatic hydroxyl groups is 1. The smallest absolute Gasteiger partial charge is 0.369 e. The minimum atomic E-state index is -6.00. The predicted molar refractivity (Wildman–Crippen MR) is 94.9 cm³/mol. The first-order valence-electron chi connectivity index (χ1n) is 8.50.